The van der Waals surface area contributed by atoms with Crippen molar-refractivity contribution >= 4 is 21.6 Å². The molecule has 0 N–H and O–H groups in total. The van der Waals surface area contributed by atoms with Crippen molar-refractivity contribution in [3.8, 4) is 0 Å². The molecule has 1 fully saturated rings. The third-order valence-corrected chi connectivity index (χ3v) is 3.45. The van der Waals surface area contributed by atoms with Crippen molar-refractivity contribution in [3.05, 3.63) is 22.9 Å². The summed E-state index contributed by atoms with van der Waals surface area (Å²) in [5, 5.41) is 0. The zero-order valence-electron chi connectivity index (χ0n) is 8.57. The van der Waals surface area contributed by atoms with Gasteiger partial charge in [-0.1, -0.05) is 0 Å². The maximum Gasteiger partial charge on any atom is 0.0563 e. The molecular weight excluding hydrogens is 240 g/mol. The van der Waals surface area contributed by atoms with Crippen molar-refractivity contribution in [2.24, 2.45) is 5.92 Å². The molecule has 1 aliphatic carbocycles. The van der Waals surface area contributed by atoms with Crippen LogP contribution in [0.2, 0.25) is 0 Å². The van der Waals surface area contributed by atoms with Crippen molar-refractivity contribution in [2.45, 2.75) is 25.8 Å². The Morgan fingerprint density at radius 2 is 2.21 bits per heavy atom. The van der Waals surface area contributed by atoms with Gasteiger partial charge in [-0.25, -0.2) is 0 Å². The molecule has 0 radical (unpaired) electrons. The van der Waals surface area contributed by atoms with Gasteiger partial charge in [0.25, 0.3) is 0 Å². The Labute approximate surface area is 93.5 Å². The van der Waals surface area contributed by atoms with Crippen LogP contribution in [0.1, 0.15) is 19.8 Å². The van der Waals surface area contributed by atoms with Gasteiger partial charge in [-0.3, -0.25) is 4.98 Å². The number of nitrogens with zero attached hydrogens (tertiary/aromatic N) is 2. The smallest absolute Gasteiger partial charge is 0.0563 e. The Kier molecular flexibility index (Phi) is 2.77. The van der Waals surface area contributed by atoms with E-state index >= 15 is 0 Å². The summed E-state index contributed by atoms with van der Waals surface area (Å²) >= 11 is 3.44. The van der Waals surface area contributed by atoms with Gasteiger partial charge in [0.15, 0.2) is 0 Å². The molecule has 0 saturated heterocycles. The first-order valence-electron chi connectivity index (χ1n) is 5.02. The zero-order chi connectivity index (χ0) is 10.1. The molecule has 76 valence electrons. The predicted molar refractivity (Wildman–Crippen MR) is 62.5 cm³/mol. The van der Waals surface area contributed by atoms with Crippen LogP contribution >= 0.6 is 15.9 Å². The van der Waals surface area contributed by atoms with E-state index in [1.54, 1.807) is 0 Å². The Hall–Kier alpha value is -0.570. The van der Waals surface area contributed by atoms with Crippen molar-refractivity contribution in [3.63, 3.8) is 0 Å². The summed E-state index contributed by atoms with van der Waals surface area (Å²) in [4.78, 5) is 6.49. The van der Waals surface area contributed by atoms with Crippen LogP contribution in [-0.4, -0.2) is 18.1 Å². The van der Waals surface area contributed by atoms with Gasteiger partial charge in [0.2, 0.25) is 0 Å². The number of anilines is 1. The van der Waals surface area contributed by atoms with Gasteiger partial charge in [-0.2, -0.15) is 0 Å². The molecule has 1 atom stereocenters. The SMILES string of the molecule is CC(C1CC1)N(C)c1cncc(Br)c1. The number of pyridine rings is 1. The standard InChI is InChI=1S/C11H15BrN2/c1-8(9-3-4-9)14(2)11-5-10(12)6-13-7-11/h5-9H,3-4H2,1-2H3. The predicted octanol–water partition coefficient (Wildman–Crippen LogP) is 3.08. The highest BCUT2D eigenvalue weighted by Gasteiger charge is 2.30. The van der Waals surface area contributed by atoms with Crippen LogP contribution in [0.15, 0.2) is 22.9 Å². The highest BCUT2D eigenvalue weighted by molar-refractivity contribution is 9.10. The lowest BCUT2D eigenvalue weighted by Crippen LogP contribution is -2.30. The summed E-state index contributed by atoms with van der Waals surface area (Å²) in [7, 11) is 2.15. The van der Waals surface area contributed by atoms with Gasteiger partial charge >= 0.3 is 0 Å². The minimum absolute atomic E-state index is 0.631. The molecule has 0 aliphatic heterocycles. The number of hydrogen-bond donors (Lipinski definition) is 0. The topological polar surface area (TPSA) is 16.1 Å². The van der Waals surface area contributed by atoms with Gasteiger partial charge in [0.05, 0.1) is 11.9 Å². The second kappa shape index (κ2) is 3.89. The number of halogens is 1. The Morgan fingerprint density at radius 3 is 2.79 bits per heavy atom. The fourth-order valence-corrected chi connectivity index (χ4v) is 2.08. The first-order chi connectivity index (χ1) is 6.68. The number of aromatic nitrogens is 1. The molecule has 1 aromatic rings. The van der Waals surface area contributed by atoms with E-state index in [0.717, 1.165) is 10.4 Å². The van der Waals surface area contributed by atoms with Gasteiger partial charge in [-0.15, -0.1) is 0 Å². The molecule has 1 unspecified atom stereocenters. The quantitative estimate of drug-likeness (QED) is 0.825. The van der Waals surface area contributed by atoms with Crippen LogP contribution < -0.4 is 4.90 Å². The summed E-state index contributed by atoms with van der Waals surface area (Å²) in [6, 6.07) is 2.75. The normalized spacial score (nSPS) is 17.9. The van der Waals surface area contributed by atoms with Crippen LogP contribution in [0.5, 0.6) is 0 Å². The van der Waals surface area contributed by atoms with Crippen LogP contribution in [0, 0.1) is 5.92 Å². The van der Waals surface area contributed by atoms with Crippen molar-refractivity contribution in [1.82, 2.24) is 4.98 Å². The summed E-state index contributed by atoms with van der Waals surface area (Å²) < 4.78 is 1.05. The lowest BCUT2D eigenvalue weighted by molar-refractivity contribution is 0.608. The number of hydrogen-bond acceptors (Lipinski definition) is 2. The lowest BCUT2D eigenvalue weighted by atomic mass is 10.2. The monoisotopic (exact) mass is 254 g/mol. The van der Waals surface area contributed by atoms with E-state index in [1.165, 1.54) is 18.5 Å². The average Bonchev–Trinajstić information content (AvgIpc) is 2.99. The van der Waals surface area contributed by atoms with Crippen LogP contribution in [0.4, 0.5) is 5.69 Å². The zero-order valence-corrected chi connectivity index (χ0v) is 10.2. The molecule has 2 nitrogen and oxygen atoms in total. The Balaban J connectivity index is 2.13. The fraction of sp³-hybridized carbons (Fsp3) is 0.545. The van der Waals surface area contributed by atoms with E-state index in [2.05, 4.69) is 45.9 Å². The second-order valence-electron chi connectivity index (χ2n) is 4.05. The van der Waals surface area contributed by atoms with E-state index in [0.29, 0.717) is 6.04 Å². The minimum atomic E-state index is 0.631. The Bertz CT molecular complexity index is 323. The van der Waals surface area contributed by atoms with Gasteiger partial charge in [0.1, 0.15) is 0 Å². The maximum atomic E-state index is 4.18. The van der Waals surface area contributed by atoms with E-state index in [1.807, 2.05) is 12.4 Å². The molecular formula is C11H15BrN2. The summed E-state index contributed by atoms with van der Waals surface area (Å²) in [6.45, 7) is 2.29. The van der Waals surface area contributed by atoms with Crippen LogP contribution in [-0.2, 0) is 0 Å². The minimum Gasteiger partial charge on any atom is -0.370 e. The highest BCUT2D eigenvalue weighted by atomic mass is 79.9. The first kappa shape index (κ1) is 9.97. The molecule has 2 rings (SSSR count). The molecule has 0 spiro atoms. The third-order valence-electron chi connectivity index (χ3n) is 3.01. The molecule has 1 heterocycles. The Morgan fingerprint density at radius 1 is 1.50 bits per heavy atom. The molecule has 0 amide bonds. The van der Waals surface area contributed by atoms with Crippen LogP contribution in [0.3, 0.4) is 0 Å². The average molecular weight is 255 g/mol. The van der Waals surface area contributed by atoms with E-state index in [-0.39, 0.29) is 0 Å². The third kappa shape index (κ3) is 2.08. The van der Waals surface area contributed by atoms with E-state index in [4.69, 9.17) is 0 Å². The van der Waals surface area contributed by atoms with Crippen LogP contribution in [0.25, 0.3) is 0 Å². The van der Waals surface area contributed by atoms with Crippen molar-refractivity contribution in [1.29, 1.82) is 0 Å². The molecule has 1 aliphatic rings. The van der Waals surface area contributed by atoms with Gasteiger partial charge in [0, 0.05) is 23.8 Å². The molecule has 0 bridgehead atoms. The largest absolute Gasteiger partial charge is 0.370 e. The highest BCUT2D eigenvalue weighted by Crippen LogP contribution is 2.36. The molecule has 1 aromatic heterocycles. The summed E-state index contributed by atoms with van der Waals surface area (Å²) in [6.07, 6.45) is 6.50. The number of rotatable bonds is 3. The molecule has 0 aromatic carbocycles. The molecule has 14 heavy (non-hydrogen) atoms. The summed E-state index contributed by atoms with van der Waals surface area (Å²) in [5.41, 5.74) is 1.19. The first-order valence-corrected chi connectivity index (χ1v) is 5.81. The van der Waals surface area contributed by atoms with E-state index in [9.17, 15) is 0 Å². The van der Waals surface area contributed by atoms with Crippen molar-refractivity contribution in [2.75, 3.05) is 11.9 Å². The fourth-order valence-electron chi connectivity index (χ4n) is 1.72. The lowest BCUT2D eigenvalue weighted by Gasteiger charge is -2.26. The summed E-state index contributed by atoms with van der Waals surface area (Å²) in [5.74, 6) is 0.888. The van der Waals surface area contributed by atoms with Crippen molar-refractivity contribution < 1.29 is 0 Å². The van der Waals surface area contributed by atoms with E-state index < -0.39 is 0 Å². The maximum absolute atomic E-state index is 4.18. The molecule has 1 saturated carbocycles. The van der Waals surface area contributed by atoms with Gasteiger partial charge in [-0.05, 0) is 47.7 Å². The molecule has 3 heteroatoms. The van der Waals surface area contributed by atoms with Gasteiger partial charge < -0.3 is 4.90 Å². The second-order valence-corrected chi connectivity index (χ2v) is 4.97.